The predicted molar refractivity (Wildman–Crippen MR) is 64.8 cm³/mol. The van der Waals surface area contributed by atoms with Crippen molar-refractivity contribution in [1.82, 2.24) is 10.2 Å². The number of nitrogens with zero attached hydrogens (tertiary/aromatic N) is 2. The maximum absolute atomic E-state index is 12.1. The highest BCUT2D eigenvalue weighted by atomic mass is 16.4. The predicted octanol–water partition coefficient (Wildman–Crippen LogP) is 1.26. The number of anilines is 1. The molecule has 0 aliphatic heterocycles. The van der Waals surface area contributed by atoms with Gasteiger partial charge in [-0.2, -0.15) is 0 Å². The van der Waals surface area contributed by atoms with Crippen molar-refractivity contribution < 1.29 is 9.21 Å². The molecule has 2 aliphatic rings. The molecule has 18 heavy (non-hydrogen) atoms. The minimum atomic E-state index is -0.0334. The van der Waals surface area contributed by atoms with E-state index in [4.69, 9.17) is 10.2 Å². The number of hydrogen-bond donors (Lipinski definition) is 2. The van der Waals surface area contributed by atoms with E-state index in [-0.39, 0.29) is 23.8 Å². The number of carbonyl (C=O) groups excluding carboxylic acids is 1. The average Bonchev–Trinajstić information content (AvgIpc) is 2.93. The minimum Gasteiger partial charge on any atom is -0.408 e. The van der Waals surface area contributed by atoms with Crippen molar-refractivity contribution in [2.24, 2.45) is 17.6 Å². The Morgan fingerprint density at radius 3 is 2.89 bits per heavy atom. The van der Waals surface area contributed by atoms with Gasteiger partial charge in [0.25, 0.3) is 0 Å². The van der Waals surface area contributed by atoms with Crippen molar-refractivity contribution >= 4 is 11.9 Å². The summed E-state index contributed by atoms with van der Waals surface area (Å²) in [6, 6.07) is 0.226. The number of amides is 1. The summed E-state index contributed by atoms with van der Waals surface area (Å²) >= 11 is 0. The van der Waals surface area contributed by atoms with E-state index in [0.29, 0.717) is 18.4 Å². The molecule has 2 atom stereocenters. The minimum absolute atomic E-state index is 0.00808. The molecule has 1 aromatic rings. The normalized spacial score (nSPS) is 27.4. The summed E-state index contributed by atoms with van der Waals surface area (Å²) in [7, 11) is 0. The Labute approximate surface area is 105 Å². The number of rotatable bonds is 4. The SMILES string of the molecule is NCC1CCCC1C(=O)Nc1nnc(C2CC2)o1. The van der Waals surface area contributed by atoms with E-state index in [1.54, 1.807) is 0 Å². The number of nitrogens with one attached hydrogen (secondary N) is 1. The average molecular weight is 250 g/mol. The van der Waals surface area contributed by atoms with E-state index in [9.17, 15) is 4.79 Å². The number of nitrogens with two attached hydrogens (primary N) is 1. The molecule has 1 aromatic heterocycles. The van der Waals surface area contributed by atoms with Gasteiger partial charge in [0.1, 0.15) is 0 Å². The topological polar surface area (TPSA) is 94.0 Å². The van der Waals surface area contributed by atoms with E-state index in [1.165, 1.54) is 0 Å². The quantitative estimate of drug-likeness (QED) is 0.839. The Morgan fingerprint density at radius 2 is 2.17 bits per heavy atom. The number of aromatic nitrogens is 2. The van der Waals surface area contributed by atoms with E-state index in [0.717, 1.165) is 32.1 Å². The highest BCUT2D eigenvalue weighted by Gasteiger charge is 2.33. The van der Waals surface area contributed by atoms with Crippen LogP contribution in [0.1, 0.15) is 43.9 Å². The summed E-state index contributed by atoms with van der Waals surface area (Å²) in [6.07, 6.45) is 5.21. The zero-order valence-corrected chi connectivity index (χ0v) is 10.3. The van der Waals surface area contributed by atoms with Gasteiger partial charge < -0.3 is 10.2 Å². The third-order valence-electron chi connectivity index (χ3n) is 3.90. The van der Waals surface area contributed by atoms with E-state index < -0.39 is 0 Å². The van der Waals surface area contributed by atoms with Gasteiger partial charge in [-0.05, 0) is 38.1 Å². The molecule has 2 saturated carbocycles. The van der Waals surface area contributed by atoms with E-state index in [2.05, 4.69) is 15.5 Å². The lowest BCUT2D eigenvalue weighted by Gasteiger charge is -2.15. The molecule has 6 heteroatoms. The fourth-order valence-electron chi connectivity index (χ4n) is 2.64. The summed E-state index contributed by atoms with van der Waals surface area (Å²) in [6.45, 7) is 0.565. The van der Waals surface area contributed by atoms with Gasteiger partial charge >= 0.3 is 6.01 Å². The van der Waals surface area contributed by atoms with Crippen molar-refractivity contribution in [1.29, 1.82) is 0 Å². The summed E-state index contributed by atoms with van der Waals surface area (Å²) in [5.41, 5.74) is 5.68. The number of carbonyl (C=O) groups is 1. The van der Waals surface area contributed by atoms with E-state index >= 15 is 0 Å². The van der Waals surface area contributed by atoms with Gasteiger partial charge in [-0.3, -0.25) is 10.1 Å². The van der Waals surface area contributed by atoms with Gasteiger partial charge in [-0.15, -0.1) is 5.10 Å². The third-order valence-corrected chi connectivity index (χ3v) is 3.90. The molecule has 0 bridgehead atoms. The van der Waals surface area contributed by atoms with Crippen LogP contribution in [-0.2, 0) is 4.79 Å². The Morgan fingerprint density at radius 1 is 1.33 bits per heavy atom. The van der Waals surface area contributed by atoms with Gasteiger partial charge in [0.05, 0.1) is 0 Å². The second-order valence-electron chi connectivity index (χ2n) is 5.24. The first-order valence-corrected chi connectivity index (χ1v) is 6.62. The standard InChI is InChI=1S/C12H18N4O2/c13-6-8-2-1-3-9(8)10(17)14-12-16-15-11(18-12)7-4-5-7/h7-9H,1-6,13H2,(H,14,16,17). The van der Waals surface area contributed by atoms with Crippen LogP contribution in [0.4, 0.5) is 6.01 Å². The summed E-state index contributed by atoms with van der Waals surface area (Å²) < 4.78 is 5.42. The van der Waals surface area contributed by atoms with E-state index in [1.807, 2.05) is 0 Å². The first-order valence-electron chi connectivity index (χ1n) is 6.62. The van der Waals surface area contributed by atoms with Crippen molar-refractivity contribution in [2.45, 2.75) is 38.0 Å². The van der Waals surface area contributed by atoms with Gasteiger partial charge in [0.2, 0.25) is 11.8 Å². The van der Waals surface area contributed by atoms with Gasteiger partial charge in [0, 0.05) is 11.8 Å². The molecule has 0 radical (unpaired) electrons. The molecule has 6 nitrogen and oxygen atoms in total. The van der Waals surface area contributed by atoms with Crippen LogP contribution in [0.3, 0.4) is 0 Å². The Bertz CT molecular complexity index is 441. The summed E-state index contributed by atoms with van der Waals surface area (Å²) in [5, 5.41) is 10.5. The summed E-state index contributed by atoms with van der Waals surface area (Å²) in [4.78, 5) is 12.1. The third kappa shape index (κ3) is 2.25. The molecule has 1 heterocycles. The molecule has 3 N–H and O–H groups in total. The Balaban J connectivity index is 1.62. The van der Waals surface area contributed by atoms with Crippen LogP contribution < -0.4 is 11.1 Å². The lowest BCUT2D eigenvalue weighted by atomic mass is 9.95. The molecular formula is C12H18N4O2. The molecule has 2 unspecified atom stereocenters. The van der Waals surface area contributed by atoms with Crippen molar-refractivity contribution in [3.05, 3.63) is 5.89 Å². The first kappa shape index (κ1) is 11.6. The molecule has 3 rings (SSSR count). The summed E-state index contributed by atoms with van der Waals surface area (Å²) in [5.74, 6) is 1.30. The first-order chi connectivity index (χ1) is 8.78. The van der Waals surface area contributed by atoms with Crippen LogP contribution in [-0.4, -0.2) is 22.6 Å². The smallest absolute Gasteiger partial charge is 0.322 e. The monoisotopic (exact) mass is 250 g/mol. The van der Waals surface area contributed by atoms with Crippen LogP contribution >= 0.6 is 0 Å². The fraction of sp³-hybridized carbons (Fsp3) is 0.750. The largest absolute Gasteiger partial charge is 0.408 e. The van der Waals surface area contributed by atoms with Crippen molar-refractivity contribution in [3.8, 4) is 0 Å². The molecule has 1 amide bonds. The van der Waals surface area contributed by atoms with Crippen molar-refractivity contribution in [2.75, 3.05) is 11.9 Å². The second-order valence-corrected chi connectivity index (χ2v) is 5.24. The van der Waals surface area contributed by atoms with Crippen LogP contribution in [0.15, 0.2) is 4.42 Å². The zero-order chi connectivity index (χ0) is 12.5. The highest BCUT2D eigenvalue weighted by molar-refractivity contribution is 5.90. The molecule has 2 aliphatic carbocycles. The van der Waals surface area contributed by atoms with Crippen LogP contribution in [0.5, 0.6) is 0 Å². The maximum atomic E-state index is 12.1. The molecule has 0 spiro atoms. The van der Waals surface area contributed by atoms with Crippen LogP contribution in [0.25, 0.3) is 0 Å². The highest BCUT2D eigenvalue weighted by Crippen LogP contribution is 2.39. The zero-order valence-electron chi connectivity index (χ0n) is 10.3. The molecule has 2 fully saturated rings. The Hall–Kier alpha value is -1.43. The second kappa shape index (κ2) is 4.68. The maximum Gasteiger partial charge on any atom is 0.322 e. The lowest BCUT2D eigenvalue weighted by Crippen LogP contribution is -2.29. The lowest BCUT2D eigenvalue weighted by molar-refractivity contribution is -0.120. The van der Waals surface area contributed by atoms with Gasteiger partial charge in [0.15, 0.2) is 0 Å². The fourth-order valence-corrected chi connectivity index (χ4v) is 2.64. The van der Waals surface area contributed by atoms with Gasteiger partial charge in [-0.25, -0.2) is 0 Å². The molecule has 98 valence electrons. The molecular weight excluding hydrogens is 232 g/mol. The Kier molecular flexibility index (Phi) is 3.03. The van der Waals surface area contributed by atoms with Crippen LogP contribution in [0, 0.1) is 11.8 Å². The molecule has 0 aromatic carbocycles. The van der Waals surface area contributed by atoms with Crippen LogP contribution in [0.2, 0.25) is 0 Å². The van der Waals surface area contributed by atoms with Crippen molar-refractivity contribution in [3.63, 3.8) is 0 Å². The van der Waals surface area contributed by atoms with Gasteiger partial charge in [-0.1, -0.05) is 11.5 Å². The number of hydrogen-bond acceptors (Lipinski definition) is 5. The molecule has 0 saturated heterocycles.